The number of carboxylic acids is 1. The van der Waals surface area contributed by atoms with E-state index in [2.05, 4.69) is 5.16 Å². The van der Waals surface area contributed by atoms with Crippen molar-refractivity contribution >= 4 is 23.5 Å². The lowest BCUT2D eigenvalue weighted by Crippen LogP contribution is -2.48. The maximum absolute atomic E-state index is 12.5. The SMILES string of the molecule is O=C(O)C1CCCCN1C(=O)c1cc(-c2ccc(Cl)cc2)on1. The van der Waals surface area contributed by atoms with E-state index < -0.39 is 17.9 Å². The number of likely N-dealkylation sites (tertiary alicyclic amines) is 1. The van der Waals surface area contributed by atoms with E-state index in [9.17, 15) is 14.7 Å². The average Bonchev–Trinajstić information content (AvgIpc) is 3.04. The lowest BCUT2D eigenvalue weighted by atomic mass is 10.0. The predicted molar refractivity (Wildman–Crippen MR) is 83.3 cm³/mol. The van der Waals surface area contributed by atoms with Gasteiger partial charge in [0.1, 0.15) is 6.04 Å². The number of carbonyl (C=O) groups excluding carboxylic acids is 1. The zero-order chi connectivity index (χ0) is 16.4. The number of carbonyl (C=O) groups is 2. The van der Waals surface area contributed by atoms with E-state index in [4.69, 9.17) is 16.1 Å². The molecular formula is C16H15ClN2O4. The first-order valence-electron chi connectivity index (χ1n) is 7.32. The Bertz CT molecular complexity index is 726. The molecule has 120 valence electrons. The molecule has 1 aliphatic rings. The van der Waals surface area contributed by atoms with Crippen LogP contribution in [0.1, 0.15) is 29.8 Å². The normalized spacial score (nSPS) is 18.0. The molecule has 6 nitrogen and oxygen atoms in total. The third-order valence-corrected chi connectivity index (χ3v) is 4.16. The van der Waals surface area contributed by atoms with Crippen LogP contribution in [0.4, 0.5) is 0 Å². The lowest BCUT2D eigenvalue weighted by Gasteiger charge is -2.32. The van der Waals surface area contributed by atoms with Gasteiger partial charge in [0.25, 0.3) is 5.91 Å². The summed E-state index contributed by atoms with van der Waals surface area (Å²) in [6.45, 7) is 0.416. The minimum absolute atomic E-state index is 0.114. The van der Waals surface area contributed by atoms with Crippen molar-refractivity contribution in [1.82, 2.24) is 10.1 Å². The molecule has 1 unspecified atom stereocenters. The van der Waals surface area contributed by atoms with Crippen molar-refractivity contribution in [3.05, 3.63) is 41.0 Å². The first-order valence-corrected chi connectivity index (χ1v) is 7.70. The van der Waals surface area contributed by atoms with E-state index in [0.29, 0.717) is 23.7 Å². The molecular weight excluding hydrogens is 320 g/mol. The van der Waals surface area contributed by atoms with Gasteiger partial charge in [-0.1, -0.05) is 16.8 Å². The van der Waals surface area contributed by atoms with Crippen molar-refractivity contribution < 1.29 is 19.2 Å². The zero-order valence-electron chi connectivity index (χ0n) is 12.2. The molecule has 1 atom stereocenters. The highest BCUT2D eigenvalue weighted by atomic mass is 35.5. The number of halogens is 1. The Hall–Kier alpha value is -2.34. The molecule has 1 aliphatic heterocycles. The summed E-state index contributed by atoms with van der Waals surface area (Å²) in [6.07, 6.45) is 2.05. The largest absolute Gasteiger partial charge is 0.480 e. The van der Waals surface area contributed by atoms with Gasteiger partial charge >= 0.3 is 5.97 Å². The number of rotatable bonds is 3. The van der Waals surface area contributed by atoms with Crippen LogP contribution in [0.25, 0.3) is 11.3 Å². The molecule has 7 heteroatoms. The molecule has 0 saturated carbocycles. The minimum Gasteiger partial charge on any atom is -0.480 e. The molecule has 2 heterocycles. The van der Waals surface area contributed by atoms with Gasteiger partial charge in [0.05, 0.1) is 0 Å². The van der Waals surface area contributed by atoms with Crippen molar-refractivity contribution in [2.75, 3.05) is 6.54 Å². The Morgan fingerprint density at radius 2 is 2.00 bits per heavy atom. The van der Waals surface area contributed by atoms with Crippen LogP contribution < -0.4 is 0 Å². The van der Waals surface area contributed by atoms with Crippen LogP contribution in [0, 0.1) is 0 Å². The second kappa shape index (κ2) is 6.42. The standard InChI is InChI=1S/C16H15ClN2O4/c17-11-6-4-10(5-7-11)14-9-12(18-23-14)15(20)19-8-2-1-3-13(19)16(21)22/h4-7,9,13H,1-3,8H2,(H,21,22). The van der Waals surface area contributed by atoms with E-state index in [0.717, 1.165) is 18.4 Å². The van der Waals surface area contributed by atoms with Crippen LogP contribution in [0.3, 0.4) is 0 Å². The summed E-state index contributed by atoms with van der Waals surface area (Å²) in [5.41, 5.74) is 0.859. The van der Waals surface area contributed by atoms with Crippen LogP contribution in [0.5, 0.6) is 0 Å². The molecule has 1 amide bonds. The molecule has 1 saturated heterocycles. The van der Waals surface area contributed by atoms with Crippen LogP contribution in [-0.2, 0) is 4.79 Å². The number of piperidine rings is 1. The van der Waals surface area contributed by atoms with Crippen molar-refractivity contribution in [3.63, 3.8) is 0 Å². The van der Waals surface area contributed by atoms with Gasteiger partial charge in [0, 0.05) is 23.2 Å². The molecule has 23 heavy (non-hydrogen) atoms. The number of carboxylic acid groups (broad SMARTS) is 1. The fourth-order valence-corrected chi connectivity index (χ4v) is 2.83. The monoisotopic (exact) mass is 334 g/mol. The highest BCUT2D eigenvalue weighted by molar-refractivity contribution is 6.30. The van der Waals surface area contributed by atoms with Crippen LogP contribution in [-0.4, -0.2) is 39.6 Å². The van der Waals surface area contributed by atoms with Crippen molar-refractivity contribution in [2.45, 2.75) is 25.3 Å². The fraction of sp³-hybridized carbons (Fsp3) is 0.312. The molecule has 1 N–H and O–H groups in total. The van der Waals surface area contributed by atoms with Gasteiger partial charge < -0.3 is 14.5 Å². The highest BCUT2D eigenvalue weighted by Crippen LogP contribution is 2.24. The summed E-state index contributed by atoms with van der Waals surface area (Å²) in [5.74, 6) is -0.963. The number of hydrogen-bond donors (Lipinski definition) is 1. The van der Waals surface area contributed by atoms with Crippen LogP contribution in [0.2, 0.25) is 5.02 Å². The maximum Gasteiger partial charge on any atom is 0.326 e. The zero-order valence-corrected chi connectivity index (χ0v) is 13.0. The Morgan fingerprint density at radius 1 is 1.26 bits per heavy atom. The van der Waals surface area contributed by atoms with Gasteiger partial charge in [-0.05, 0) is 43.5 Å². The van der Waals surface area contributed by atoms with Gasteiger partial charge in [0.2, 0.25) is 0 Å². The van der Waals surface area contributed by atoms with E-state index in [1.165, 1.54) is 11.0 Å². The molecule has 1 aromatic heterocycles. The van der Waals surface area contributed by atoms with Crippen LogP contribution in [0.15, 0.2) is 34.9 Å². The van der Waals surface area contributed by atoms with E-state index in [1.807, 2.05) is 0 Å². The molecule has 0 spiro atoms. The second-order valence-electron chi connectivity index (χ2n) is 5.43. The van der Waals surface area contributed by atoms with Gasteiger partial charge in [-0.3, -0.25) is 4.79 Å². The van der Waals surface area contributed by atoms with Gasteiger partial charge in [-0.15, -0.1) is 0 Å². The Morgan fingerprint density at radius 3 is 2.70 bits per heavy atom. The Labute approximate surface area is 137 Å². The predicted octanol–water partition coefficient (Wildman–Crippen LogP) is 3.07. The maximum atomic E-state index is 12.5. The lowest BCUT2D eigenvalue weighted by molar-refractivity contribution is -0.143. The third-order valence-electron chi connectivity index (χ3n) is 3.91. The summed E-state index contributed by atoms with van der Waals surface area (Å²) in [4.78, 5) is 25.2. The molecule has 3 rings (SSSR count). The average molecular weight is 335 g/mol. The quantitative estimate of drug-likeness (QED) is 0.932. The highest BCUT2D eigenvalue weighted by Gasteiger charge is 2.33. The van der Waals surface area contributed by atoms with E-state index in [-0.39, 0.29) is 5.69 Å². The summed E-state index contributed by atoms with van der Waals surface area (Å²) in [5, 5.41) is 13.7. The van der Waals surface area contributed by atoms with Crippen molar-refractivity contribution in [2.24, 2.45) is 0 Å². The molecule has 0 aliphatic carbocycles. The molecule has 0 radical (unpaired) electrons. The minimum atomic E-state index is -0.987. The number of hydrogen-bond acceptors (Lipinski definition) is 4. The second-order valence-corrected chi connectivity index (χ2v) is 5.87. The summed E-state index contributed by atoms with van der Waals surface area (Å²) in [7, 11) is 0. The fourth-order valence-electron chi connectivity index (χ4n) is 2.70. The molecule has 2 aromatic rings. The van der Waals surface area contributed by atoms with E-state index >= 15 is 0 Å². The summed E-state index contributed by atoms with van der Waals surface area (Å²) in [6, 6.07) is 7.68. The van der Waals surface area contributed by atoms with E-state index in [1.54, 1.807) is 24.3 Å². The number of nitrogens with zero attached hydrogens (tertiary/aromatic N) is 2. The van der Waals surface area contributed by atoms with Gasteiger partial charge in [0.15, 0.2) is 11.5 Å². The number of benzene rings is 1. The summed E-state index contributed by atoms with van der Waals surface area (Å²) < 4.78 is 5.21. The summed E-state index contributed by atoms with van der Waals surface area (Å²) >= 11 is 5.84. The first kappa shape index (κ1) is 15.6. The number of aromatic nitrogens is 1. The third kappa shape index (κ3) is 3.22. The Kier molecular flexibility index (Phi) is 4.34. The molecule has 1 aromatic carbocycles. The Balaban J connectivity index is 1.83. The topological polar surface area (TPSA) is 83.6 Å². The van der Waals surface area contributed by atoms with Crippen molar-refractivity contribution in [1.29, 1.82) is 0 Å². The van der Waals surface area contributed by atoms with Crippen molar-refractivity contribution in [3.8, 4) is 11.3 Å². The van der Waals surface area contributed by atoms with Gasteiger partial charge in [-0.25, -0.2) is 4.79 Å². The first-order chi connectivity index (χ1) is 11.1. The molecule has 0 bridgehead atoms. The smallest absolute Gasteiger partial charge is 0.326 e. The number of aliphatic carboxylic acids is 1. The molecule has 1 fully saturated rings. The number of amides is 1. The van der Waals surface area contributed by atoms with Crippen LogP contribution >= 0.6 is 11.6 Å². The van der Waals surface area contributed by atoms with Gasteiger partial charge in [-0.2, -0.15) is 0 Å².